The van der Waals surface area contributed by atoms with E-state index in [4.69, 9.17) is 0 Å². The second kappa shape index (κ2) is 4.12. The fourth-order valence-corrected chi connectivity index (χ4v) is 7.28. The first kappa shape index (κ1) is 10.9. The molecule has 1 saturated heterocycles. The van der Waals surface area contributed by atoms with Crippen molar-refractivity contribution in [2.24, 2.45) is 5.92 Å². The maximum absolute atomic E-state index is 2.48. The van der Waals surface area contributed by atoms with Crippen LogP contribution in [-0.4, -0.2) is 17.0 Å². The van der Waals surface area contributed by atoms with Crippen molar-refractivity contribution in [2.45, 2.75) is 70.1 Å². The Labute approximate surface area is 90.6 Å². The molecule has 0 amide bonds. The number of hydrogen-bond donors (Lipinski definition) is 0. The summed E-state index contributed by atoms with van der Waals surface area (Å²) < 4.78 is 0. The highest BCUT2D eigenvalue weighted by atomic mass is 31.1. The van der Waals surface area contributed by atoms with Crippen molar-refractivity contribution in [3.8, 4) is 0 Å². The van der Waals surface area contributed by atoms with Gasteiger partial charge < -0.3 is 0 Å². The maximum atomic E-state index is 2.48. The predicted molar refractivity (Wildman–Crippen MR) is 66.5 cm³/mol. The lowest BCUT2D eigenvalue weighted by atomic mass is 10.0. The molecule has 0 aromatic carbocycles. The van der Waals surface area contributed by atoms with Gasteiger partial charge in [-0.2, -0.15) is 0 Å². The summed E-state index contributed by atoms with van der Waals surface area (Å²) in [6.45, 7) is 7.43. The van der Waals surface area contributed by atoms with Gasteiger partial charge in [-0.05, 0) is 48.6 Å². The van der Waals surface area contributed by atoms with Gasteiger partial charge in [0, 0.05) is 0 Å². The van der Waals surface area contributed by atoms with E-state index in [1.807, 2.05) is 0 Å². The van der Waals surface area contributed by atoms with Gasteiger partial charge in [-0.1, -0.05) is 41.5 Å². The Balaban J connectivity index is 2.02. The molecular weight excluding hydrogens is 187 g/mol. The van der Waals surface area contributed by atoms with Crippen LogP contribution in [0.1, 0.15) is 59.3 Å². The van der Waals surface area contributed by atoms with Crippen molar-refractivity contribution in [2.75, 3.05) is 6.16 Å². The predicted octanol–water partition coefficient (Wildman–Crippen LogP) is 4.62. The first-order valence-corrected chi connectivity index (χ1v) is 7.95. The highest BCUT2D eigenvalue weighted by Crippen LogP contribution is 2.63. The Kier molecular flexibility index (Phi) is 3.22. The largest absolute Gasteiger partial charge is 0.0977 e. The van der Waals surface area contributed by atoms with Gasteiger partial charge in [-0.3, -0.25) is 0 Å². The van der Waals surface area contributed by atoms with E-state index in [1.54, 1.807) is 25.4 Å². The molecule has 0 bridgehead atoms. The minimum atomic E-state index is 0.339. The third-order valence-corrected chi connectivity index (χ3v) is 8.11. The molecule has 0 aromatic heterocycles. The normalized spacial score (nSPS) is 35.4. The van der Waals surface area contributed by atoms with Gasteiger partial charge >= 0.3 is 0 Å². The number of rotatable bonds is 1. The lowest BCUT2D eigenvalue weighted by Gasteiger charge is -2.36. The zero-order chi connectivity index (χ0) is 10.2. The third-order valence-electron chi connectivity index (χ3n) is 4.10. The van der Waals surface area contributed by atoms with Crippen LogP contribution in [0.25, 0.3) is 0 Å². The smallest absolute Gasteiger partial charge is 0.0176 e. The van der Waals surface area contributed by atoms with Crippen LogP contribution in [0, 0.1) is 5.92 Å². The molecule has 0 spiro atoms. The quantitative estimate of drug-likeness (QED) is 0.556. The van der Waals surface area contributed by atoms with E-state index >= 15 is 0 Å². The zero-order valence-electron chi connectivity index (χ0n) is 10.1. The minimum Gasteiger partial charge on any atom is -0.0977 e. The Bertz CT molecular complexity index is 186. The lowest BCUT2D eigenvalue weighted by Crippen LogP contribution is -2.22. The summed E-state index contributed by atoms with van der Waals surface area (Å²) >= 11 is 0. The van der Waals surface area contributed by atoms with Crippen LogP contribution in [0.2, 0.25) is 0 Å². The van der Waals surface area contributed by atoms with Crippen LogP contribution < -0.4 is 0 Å². The van der Waals surface area contributed by atoms with Crippen LogP contribution in [-0.2, 0) is 0 Å². The molecule has 1 heterocycles. The molecule has 0 aromatic rings. The van der Waals surface area contributed by atoms with E-state index in [-0.39, 0.29) is 0 Å². The molecule has 14 heavy (non-hydrogen) atoms. The average Bonchev–Trinajstić information content (AvgIpc) is 2.73. The summed E-state index contributed by atoms with van der Waals surface area (Å²) in [5.41, 5.74) is 1.15. The van der Waals surface area contributed by atoms with Crippen molar-refractivity contribution in [1.82, 2.24) is 0 Å². The molecule has 2 fully saturated rings. The summed E-state index contributed by atoms with van der Waals surface area (Å²) in [6, 6.07) is 0. The standard InChI is InChI=1S/C13H25P/c1-13(2,3)14-10-6-9-12(14)11-7-4-5-8-11/h11-12H,4-10H2,1-3H3/t12-,14-/m1/s1. The van der Waals surface area contributed by atoms with E-state index in [2.05, 4.69) is 20.8 Å². The number of hydrogen-bond acceptors (Lipinski definition) is 0. The molecule has 1 aliphatic heterocycles. The van der Waals surface area contributed by atoms with Crippen LogP contribution in [0.15, 0.2) is 0 Å². The second-order valence-electron chi connectivity index (χ2n) is 6.12. The van der Waals surface area contributed by atoms with Gasteiger partial charge in [-0.15, -0.1) is 0 Å². The fourth-order valence-electron chi connectivity index (χ4n) is 3.46. The molecule has 2 aliphatic rings. The van der Waals surface area contributed by atoms with Crippen molar-refractivity contribution in [3.05, 3.63) is 0 Å². The highest BCUT2D eigenvalue weighted by molar-refractivity contribution is 7.60. The maximum Gasteiger partial charge on any atom is -0.0176 e. The van der Waals surface area contributed by atoms with E-state index in [0.717, 1.165) is 11.6 Å². The average molecular weight is 212 g/mol. The van der Waals surface area contributed by atoms with Gasteiger partial charge in [0.25, 0.3) is 0 Å². The molecule has 2 rings (SSSR count). The summed E-state index contributed by atoms with van der Waals surface area (Å²) in [4.78, 5) is 0. The Morgan fingerprint density at radius 1 is 0.929 bits per heavy atom. The van der Waals surface area contributed by atoms with Crippen LogP contribution in [0.5, 0.6) is 0 Å². The SMILES string of the molecule is CC(C)(C)[P@]1CCC[C@@H]1C1CCCC1. The summed E-state index contributed by atoms with van der Waals surface area (Å²) in [6.07, 6.45) is 10.8. The Hall–Kier alpha value is 0.430. The summed E-state index contributed by atoms with van der Waals surface area (Å²) in [7, 11) is 0.339. The fraction of sp³-hybridized carbons (Fsp3) is 1.00. The molecule has 1 saturated carbocycles. The van der Waals surface area contributed by atoms with Crippen molar-refractivity contribution < 1.29 is 0 Å². The van der Waals surface area contributed by atoms with Gasteiger partial charge in [0.05, 0.1) is 0 Å². The molecule has 0 radical (unpaired) electrons. The van der Waals surface area contributed by atoms with E-state index in [9.17, 15) is 0 Å². The molecule has 1 aliphatic carbocycles. The van der Waals surface area contributed by atoms with E-state index in [1.165, 1.54) is 19.3 Å². The summed E-state index contributed by atoms with van der Waals surface area (Å²) in [5.74, 6) is 1.13. The monoisotopic (exact) mass is 212 g/mol. The van der Waals surface area contributed by atoms with Gasteiger partial charge in [0.1, 0.15) is 0 Å². The van der Waals surface area contributed by atoms with Crippen LogP contribution in [0.3, 0.4) is 0 Å². The zero-order valence-corrected chi connectivity index (χ0v) is 10.9. The highest BCUT2D eigenvalue weighted by Gasteiger charge is 2.39. The second-order valence-corrected chi connectivity index (χ2v) is 9.51. The van der Waals surface area contributed by atoms with Gasteiger partial charge in [-0.25, -0.2) is 0 Å². The molecule has 0 N–H and O–H groups in total. The molecular formula is C13H25P. The molecule has 0 nitrogen and oxygen atoms in total. The first-order chi connectivity index (χ1) is 6.59. The molecule has 1 heteroatoms. The van der Waals surface area contributed by atoms with Crippen molar-refractivity contribution in [1.29, 1.82) is 0 Å². The van der Waals surface area contributed by atoms with Gasteiger partial charge in [0.15, 0.2) is 0 Å². The van der Waals surface area contributed by atoms with Crippen LogP contribution in [0.4, 0.5) is 0 Å². The topological polar surface area (TPSA) is 0 Å². The lowest BCUT2D eigenvalue weighted by molar-refractivity contribution is 0.500. The Morgan fingerprint density at radius 2 is 1.57 bits per heavy atom. The molecule has 2 atom stereocenters. The van der Waals surface area contributed by atoms with E-state index in [0.29, 0.717) is 13.1 Å². The van der Waals surface area contributed by atoms with Gasteiger partial charge in [0.2, 0.25) is 0 Å². The first-order valence-electron chi connectivity index (χ1n) is 6.36. The van der Waals surface area contributed by atoms with Crippen LogP contribution >= 0.6 is 7.92 Å². The third kappa shape index (κ3) is 2.16. The summed E-state index contributed by atoms with van der Waals surface area (Å²) in [5, 5.41) is 0.624. The molecule has 82 valence electrons. The minimum absolute atomic E-state index is 0.339. The van der Waals surface area contributed by atoms with Crippen molar-refractivity contribution >= 4 is 7.92 Å². The van der Waals surface area contributed by atoms with Crippen molar-refractivity contribution in [3.63, 3.8) is 0 Å². The van der Waals surface area contributed by atoms with E-state index < -0.39 is 0 Å². The Morgan fingerprint density at radius 3 is 2.14 bits per heavy atom. The molecule has 0 unspecified atom stereocenters.